The highest BCUT2D eigenvalue weighted by Crippen LogP contribution is 2.25. The number of hydrogen-bond acceptors (Lipinski definition) is 3. The standard InChI is InChI=1S/C17H27NOS/c1-6-7-14(12-13-20-17(2,3)4)18-15-8-10-16(19-5)11-9-15/h6-11,14,18H,12-13H2,1-5H3/b7-6+. The van der Waals surface area contributed by atoms with E-state index >= 15 is 0 Å². The molecule has 1 atom stereocenters. The summed E-state index contributed by atoms with van der Waals surface area (Å²) in [4.78, 5) is 0. The Morgan fingerprint density at radius 2 is 1.90 bits per heavy atom. The van der Waals surface area contributed by atoms with E-state index in [-0.39, 0.29) is 0 Å². The van der Waals surface area contributed by atoms with E-state index in [9.17, 15) is 0 Å². The van der Waals surface area contributed by atoms with Crippen molar-refractivity contribution in [2.24, 2.45) is 0 Å². The third-order valence-corrected chi connectivity index (χ3v) is 4.14. The van der Waals surface area contributed by atoms with Gasteiger partial charge in [-0.15, -0.1) is 0 Å². The van der Waals surface area contributed by atoms with Crippen LogP contribution in [-0.2, 0) is 0 Å². The topological polar surface area (TPSA) is 21.3 Å². The van der Waals surface area contributed by atoms with E-state index in [1.807, 2.05) is 23.9 Å². The van der Waals surface area contributed by atoms with Crippen LogP contribution in [0.5, 0.6) is 5.75 Å². The molecule has 20 heavy (non-hydrogen) atoms. The first-order valence-electron chi connectivity index (χ1n) is 7.12. The quantitative estimate of drug-likeness (QED) is 0.717. The minimum atomic E-state index is 0.334. The fourth-order valence-electron chi connectivity index (χ4n) is 1.84. The molecule has 1 N–H and O–H groups in total. The van der Waals surface area contributed by atoms with Crippen molar-refractivity contribution in [3.63, 3.8) is 0 Å². The van der Waals surface area contributed by atoms with Crippen molar-refractivity contribution in [2.45, 2.75) is 44.9 Å². The van der Waals surface area contributed by atoms with Gasteiger partial charge < -0.3 is 10.1 Å². The van der Waals surface area contributed by atoms with E-state index in [0.29, 0.717) is 10.8 Å². The Morgan fingerprint density at radius 3 is 2.40 bits per heavy atom. The summed E-state index contributed by atoms with van der Waals surface area (Å²) in [5.74, 6) is 2.04. The summed E-state index contributed by atoms with van der Waals surface area (Å²) in [5, 5.41) is 3.56. The van der Waals surface area contributed by atoms with E-state index in [1.54, 1.807) is 7.11 Å². The van der Waals surface area contributed by atoms with Crippen LogP contribution >= 0.6 is 11.8 Å². The number of hydrogen-bond donors (Lipinski definition) is 1. The maximum Gasteiger partial charge on any atom is 0.119 e. The van der Waals surface area contributed by atoms with Gasteiger partial charge in [0.15, 0.2) is 0 Å². The molecule has 0 aliphatic heterocycles. The van der Waals surface area contributed by atoms with E-state index in [0.717, 1.165) is 23.6 Å². The Labute approximate surface area is 128 Å². The average Bonchev–Trinajstić information content (AvgIpc) is 2.38. The lowest BCUT2D eigenvalue weighted by Gasteiger charge is -2.21. The predicted molar refractivity (Wildman–Crippen MR) is 92.0 cm³/mol. The van der Waals surface area contributed by atoms with Crippen LogP contribution in [0, 0.1) is 0 Å². The highest BCUT2D eigenvalue weighted by Gasteiger charge is 2.12. The molecule has 0 spiro atoms. The molecule has 0 saturated heterocycles. The third-order valence-electron chi connectivity index (χ3n) is 2.83. The van der Waals surface area contributed by atoms with E-state index in [2.05, 4.69) is 57.3 Å². The fourth-order valence-corrected chi connectivity index (χ4v) is 2.83. The SMILES string of the molecule is C/C=C/C(CCSC(C)(C)C)Nc1ccc(OC)cc1. The van der Waals surface area contributed by atoms with Gasteiger partial charge >= 0.3 is 0 Å². The largest absolute Gasteiger partial charge is 0.497 e. The van der Waals surface area contributed by atoms with Gasteiger partial charge in [0, 0.05) is 16.5 Å². The smallest absolute Gasteiger partial charge is 0.119 e. The molecule has 1 rings (SSSR count). The van der Waals surface area contributed by atoms with Crippen LogP contribution in [0.1, 0.15) is 34.1 Å². The summed E-state index contributed by atoms with van der Waals surface area (Å²) in [7, 11) is 1.69. The maximum atomic E-state index is 5.18. The predicted octanol–water partition coefficient (Wildman–Crippen LogP) is 4.97. The molecule has 0 aliphatic carbocycles. The molecule has 0 aliphatic rings. The van der Waals surface area contributed by atoms with Gasteiger partial charge in [-0.05, 0) is 43.4 Å². The molecule has 0 amide bonds. The van der Waals surface area contributed by atoms with Gasteiger partial charge in [0.2, 0.25) is 0 Å². The molecule has 1 unspecified atom stereocenters. The summed E-state index contributed by atoms with van der Waals surface area (Å²) in [5.41, 5.74) is 1.13. The van der Waals surface area contributed by atoms with Gasteiger partial charge in [-0.1, -0.05) is 32.9 Å². The molecule has 112 valence electrons. The Bertz CT molecular complexity index is 406. The molecule has 0 bridgehead atoms. The summed E-state index contributed by atoms with van der Waals surface area (Å²) in [6.07, 6.45) is 5.47. The number of benzene rings is 1. The second-order valence-corrected chi connectivity index (χ2v) is 7.68. The van der Waals surface area contributed by atoms with Gasteiger partial charge in [0.1, 0.15) is 5.75 Å². The molecular formula is C17H27NOS. The van der Waals surface area contributed by atoms with E-state index in [1.165, 1.54) is 0 Å². The Kier molecular flexibility index (Phi) is 7.00. The zero-order valence-corrected chi connectivity index (χ0v) is 14.1. The van der Waals surface area contributed by atoms with Crippen LogP contribution < -0.4 is 10.1 Å². The molecular weight excluding hydrogens is 266 g/mol. The van der Waals surface area contributed by atoms with Crippen LogP contribution in [0.3, 0.4) is 0 Å². The van der Waals surface area contributed by atoms with Crippen LogP contribution in [0.2, 0.25) is 0 Å². The van der Waals surface area contributed by atoms with E-state index < -0.39 is 0 Å². The number of thioether (sulfide) groups is 1. The molecule has 1 aromatic carbocycles. The van der Waals surface area contributed by atoms with Crippen molar-refractivity contribution in [3.8, 4) is 5.75 Å². The maximum absolute atomic E-state index is 5.18. The minimum absolute atomic E-state index is 0.334. The number of methoxy groups -OCH3 is 1. The van der Waals surface area contributed by atoms with Crippen molar-refractivity contribution in [2.75, 3.05) is 18.2 Å². The fraction of sp³-hybridized carbons (Fsp3) is 0.529. The molecule has 0 aromatic heterocycles. The molecule has 0 heterocycles. The Balaban J connectivity index is 2.53. The number of nitrogens with one attached hydrogen (secondary N) is 1. The molecule has 0 saturated carbocycles. The van der Waals surface area contributed by atoms with Crippen molar-refractivity contribution in [3.05, 3.63) is 36.4 Å². The molecule has 0 fully saturated rings. The number of allylic oxidation sites excluding steroid dienone is 1. The summed E-state index contributed by atoms with van der Waals surface area (Å²) < 4.78 is 5.51. The Morgan fingerprint density at radius 1 is 1.25 bits per heavy atom. The van der Waals surface area contributed by atoms with Crippen molar-refractivity contribution in [1.82, 2.24) is 0 Å². The number of anilines is 1. The van der Waals surface area contributed by atoms with E-state index in [4.69, 9.17) is 4.74 Å². The second-order valence-electron chi connectivity index (χ2n) is 5.75. The minimum Gasteiger partial charge on any atom is -0.497 e. The summed E-state index contributed by atoms with van der Waals surface area (Å²) in [6.45, 7) is 8.86. The average molecular weight is 293 g/mol. The van der Waals surface area contributed by atoms with Gasteiger partial charge in [0.05, 0.1) is 7.11 Å². The van der Waals surface area contributed by atoms with Crippen LogP contribution in [0.15, 0.2) is 36.4 Å². The lowest BCUT2D eigenvalue weighted by Crippen LogP contribution is -2.19. The monoisotopic (exact) mass is 293 g/mol. The second kappa shape index (κ2) is 8.25. The van der Waals surface area contributed by atoms with Gasteiger partial charge in [-0.3, -0.25) is 0 Å². The van der Waals surface area contributed by atoms with Crippen molar-refractivity contribution < 1.29 is 4.74 Å². The zero-order valence-electron chi connectivity index (χ0n) is 13.3. The first-order valence-corrected chi connectivity index (χ1v) is 8.10. The van der Waals surface area contributed by atoms with Gasteiger partial charge in [-0.2, -0.15) is 11.8 Å². The highest BCUT2D eigenvalue weighted by atomic mass is 32.2. The summed E-state index contributed by atoms with van der Waals surface area (Å²) >= 11 is 2.01. The Hall–Kier alpha value is -1.09. The zero-order chi connectivity index (χ0) is 15.0. The normalized spacial score (nSPS) is 13.4. The van der Waals surface area contributed by atoms with Crippen LogP contribution in [0.4, 0.5) is 5.69 Å². The van der Waals surface area contributed by atoms with Gasteiger partial charge in [0.25, 0.3) is 0 Å². The lowest BCUT2D eigenvalue weighted by atomic mass is 10.2. The number of ether oxygens (including phenoxy) is 1. The van der Waals surface area contributed by atoms with Crippen molar-refractivity contribution >= 4 is 17.4 Å². The van der Waals surface area contributed by atoms with Crippen LogP contribution in [0.25, 0.3) is 0 Å². The number of rotatable bonds is 7. The van der Waals surface area contributed by atoms with Crippen molar-refractivity contribution in [1.29, 1.82) is 0 Å². The first-order chi connectivity index (χ1) is 9.44. The molecule has 1 aromatic rings. The molecule has 2 nitrogen and oxygen atoms in total. The highest BCUT2D eigenvalue weighted by molar-refractivity contribution is 8.00. The first kappa shape index (κ1) is 17.0. The third kappa shape index (κ3) is 6.90. The van der Waals surface area contributed by atoms with Crippen LogP contribution in [-0.4, -0.2) is 23.7 Å². The molecule has 3 heteroatoms. The lowest BCUT2D eigenvalue weighted by molar-refractivity contribution is 0.415. The van der Waals surface area contributed by atoms with Gasteiger partial charge in [-0.25, -0.2) is 0 Å². The molecule has 0 radical (unpaired) electrons. The summed E-state index contributed by atoms with van der Waals surface area (Å²) in [6, 6.07) is 8.47.